The summed E-state index contributed by atoms with van der Waals surface area (Å²) in [6, 6.07) is 8.99. The minimum atomic E-state index is -0.987. The van der Waals surface area contributed by atoms with E-state index in [1.54, 1.807) is 30.3 Å². The fourth-order valence-corrected chi connectivity index (χ4v) is 1.98. The maximum Gasteiger partial charge on any atom is 0.337 e. The van der Waals surface area contributed by atoms with Gasteiger partial charge in [0.1, 0.15) is 6.54 Å². The van der Waals surface area contributed by atoms with Crippen molar-refractivity contribution in [2.75, 3.05) is 25.5 Å². The Bertz CT molecular complexity index is 611. The zero-order valence-electron chi connectivity index (χ0n) is 11.7. The van der Waals surface area contributed by atoms with Crippen LogP contribution in [0, 0.1) is 22.7 Å². The lowest BCUT2D eigenvalue weighted by atomic mass is 10.0. The van der Waals surface area contributed by atoms with E-state index in [-0.39, 0.29) is 12.1 Å². The topological polar surface area (TPSA) is 100 Å². The molecule has 0 saturated heterocycles. The van der Waals surface area contributed by atoms with Gasteiger partial charge < -0.3 is 15.3 Å². The van der Waals surface area contributed by atoms with Crippen molar-refractivity contribution in [2.45, 2.75) is 6.42 Å². The van der Waals surface area contributed by atoms with Gasteiger partial charge in [0.05, 0.1) is 23.4 Å². The molecule has 108 valence electrons. The number of carboxylic acid groups (broad SMARTS) is 1. The largest absolute Gasteiger partial charge is 0.478 e. The molecule has 0 fully saturated rings. The van der Waals surface area contributed by atoms with Gasteiger partial charge in [0, 0.05) is 25.9 Å². The second-order valence-electron chi connectivity index (χ2n) is 4.22. The van der Waals surface area contributed by atoms with Crippen molar-refractivity contribution in [1.29, 1.82) is 10.5 Å². The number of hydrogen-bond acceptors (Lipinski definition) is 5. The van der Waals surface area contributed by atoms with E-state index in [4.69, 9.17) is 15.6 Å². The van der Waals surface area contributed by atoms with Crippen molar-refractivity contribution >= 4 is 11.7 Å². The zero-order valence-corrected chi connectivity index (χ0v) is 11.7. The van der Waals surface area contributed by atoms with Gasteiger partial charge in [0.15, 0.2) is 0 Å². The monoisotopic (exact) mass is 284 g/mol. The van der Waals surface area contributed by atoms with Crippen molar-refractivity contribution in [3.05, 3.63) is 41.6 Å². The summed E-state index contributed by atoms with van der Waals surface area (Å²) in [4.78, 5) is 12.9. The summed E-state index contributed by atoms with van der Waals surface area (Å²) >= 11 is 0. The summed E-state index contributed by atoms with van der Waals surface area (Å²) in [5.74, 6) is -0.987. The van der Waals surface area contributed by atoms with Crippen molar-refractivity contribution in [2.24, 2.45) is 0 Å². The second-order valence-corrected chi connectivity index (χ2v) is 4.22. The fourth-order valence-electron chi connectivity index (χ4n) is 1.98. The van der Waals surface area contributed by atoms with Crippen LogP contribution in [0.2, 0.25) is 0 Å². The van der Waals surface area contributed by atoms with E-state index >= 15 is 0 Å². The van der Waals surface area contributed by atoms with Crippen LogP contribution in [-0.4, -0.2) is 36.1 Å². The van der Waals surface area contributed by atoms with Crippen LogP contribution in [0.15, 0.2) is 30.5 Å². The minimum absolute atomic E-state index is 0.172. The highest BCUT2D eigenvalue weighted by molar-refractivity contribution is 5.95. The standard InChI is InChI=1S/C15H16N4O2/c1-18-14-12(4-2-5-13(14)15(20)21)6-10-19(11-8-17)9-3-7-16/h2-5,9,18H,6,10-11H2,1H3,(H,20,21). The Labute approximate surface area is 123 Å². The number of carbonyl (C=O) groups is 1. The van der Waals surface area contributed by atoms with Crippen molar-refractivity contribution < 1.29 is 9.90 Å². The Balaban J connectivity index is 2.90. The normalized spacial score (nSPS) is 9.86. The third kappa shape index (κ3) is 4.55. The summed E-state index contributed by atoms with van der Waals surface area (Å²) in [5.41, 5.74) is 1.64. The van der Waals surface area contributed by atoms with Crippen LogP contribution in [-0.2, 0) is 6.42 Å². The molecule has 2 N–H and O–H groups in total. The van der Waals surface area contributed by atoms with E-state index in [2.05, 4.69) is 5.32 Å². The molecule has 0 unspecified atom stereocenters. The van der Waals surface area contributed by atoms with Gasteiger partial charge in [-0.1, -0.05) is 12.1 Å². The van der Waals surface area contributed by atoms with Gasteiger partial charge in [-0.3, -0.25) is 0 Å². The molecule has 1 rings (SSSR count). The summed E-state index contributed by atoms with van der Waals surface area (Å²) in [7, 11) is 1.67. The number of hydrogen-bond donors (Lipinski definition) is 2. The molecule has 0 aromatic heterocycles. The number of nitriles is 2. The second kappa shape index (κ2) is 8.23. The third-order valence-corrected chi connectivity index (χ3v) is 2.93. The molecular weight excluding hydrogens is 268 g/mol. The van der Waals surface area contributed by atoms with Gasteiger partial charge in [-0.25, -0.2) is 4.79 Å². The quantitative estimate of drug-likeness (QED) is 0.585. The average Bonchev–Trinajstić information content (AvgIpc) is 2.49. The number of carboxylic acids is 1. The van der Waals surface area contributed by atoms with Crippen LogP contribution in [0.5, 0.6) is 0 Å². The van der Waals surface area contributed by atoms with E-state index in [1.165, 1.54) is 6.08 Å². The number of allylic oxidation sites excluding steroid dienone is 1. The average molecular weight is 284 g/mol. The van der Waals surface area contributed by atoms with Gasteiger partial charge in [-0.15, -0.1) is 0 Å². The van der Waals surface area contributed by atoms with Crippen molar-refractivity contribution in [1.82, 2.24) is 4.90 Å². The highest BCUT2D eigenvalue weighted by Crippen LogP contribution is 2.21. The predicted molar refractivity (Wildman–Crippen MR) is 78.6 cm³/mol. The van der Waals surface area contributed by atoms with Crippen LogP contribution in [0.1, 0.15) is 15.9 Å². The van der Waals surface area contributed by atoms with Gasteiger partial charge in [-0.2, -0.15) is 10.5 Å². The van der Waals surface area contributed by atoms with Crippen LogP contribution >= 0.6 is 0 Å². The molecule has 0 amide bonds. The molecular formula is C15H16N4O2. The number of nitrogens with one attached hydrogen (secondary N) is 1. The first kappa shape index (κ1) is 16.1. The highest BCUT2D eigenvalue weighted by atomic mass is 16.4. The van der Waals surface area contributed by atoms with E-state index in [0.717, 1.165) is 5.56 Å². The molecule has 0 heterocycles. The Morgan fingerprint density at radius 2 is 2.24 bits per heavy atom. The molecule has 6 nitrogen and oxygen atoms in total. The lowest BCUT2D eigenvalue weighted by molar-refractivity contribution is 0.0698. The van der Waals surface area contributed by atoms with Crippen LogP contribution < -0.4 is 5.32 Å². The smallest absolute Gasteiger partial charge is 0.337 e. The van der Waals surface area contributed by atoms with E-state index in [0.29, 0.717) is 18.7 Å². The van der Waals surface area contributed by atoms with E-state index < -0.39 is 5.97 Å². The maximum atomic E-state index is 11.2. The molecule has 0 atom stereocenters. The minimum Gasteiger partial charge on any atom is -0.478 e. The summed E-state index contributed by atoms with van der Waals surface area (Å²) in [5, 5.41) is 29.3. The maximum absolute atomic E-state index is 11.2. The summed E-state index contributed by atoms with van der Waals surface area (Å²) in [6.45, 7) is 0.690. The summed E-state index contributed by atoms with van der Waals surface area (Å²) in [6.07, 6.45) is 3.43. The predicted octanol–water partition coefficient (Wildman–Crippen LogP) is 1.83. The SMILES string of the molecule is CNc1c(CCN(C=CC#N)CC#N)cccc1C(=O)O. The zero-order chi connectivity index (χ0) is 15.7. The highest BCUT2D eigenvalue weighted by Gasteiger charge is 2.13. The molecule has 0 bridgehead atoms. The number of aromatic carboxylic acids is 1. The fraction of sp³-hybridized carbons (Fsp3) is 0.267. The molecule has 0 aliphatic rings. The Kier molecular flexibility index (Phi) is 6.30. The number of para-hydroxylation sites is 1. The van der Waals surface area contributed by atoms with E-state index in [1.807, 2.05) is 18.2 Å². The molecule has 0 radical (unpaired) electrons. The molecule has 1 aromatic rings. The number of anilines is 1. The molecule has 0 aliphatic carbocycles. The van der Waals surface area contributed by atoms with Gasteiger partial charge >= 0.3 is 5.97 Å². The summed E-state index contributed by atoms with van der Waals surface area (Å²) < 4.78 is 0. The van der Waals surface area contributed by atoms with Crippen LogP contribution in [0.25, 0.3) is 0 Å². The van der Waals surface area contributed by atoms with Gasteiger partial charge in [0.25, 0.3) is 0 Å². The van der Waals surface area contributed by atoms with Crippen molar-refractivity contribution in [3.8, 4) is 12.1 Å². The lowest BCUT2D eigenvalue weighted by Crippen LogP contribution is -2.21. The molecule has 6 heteroatoms. The molecule has 1 aromatic carbocycles. The van der Waals surface area contributed by atoms with E-state index in [9.17, 15) is 4.79 Å². The van der Waals surface area contributed by atoms with Crippen LogP contribution in [0.4, 0.5) is 5.69 Å². The number of rotatable bonds is 7. The lowest BCUT2D eigenvalue weighted by Gasteiger charge is -2.18. The Morgan fingerprint density at radius 3 is 2.81 bits per heavy atom. The molecule has 0 saturated carbocycles. The Hall–Kier alpha value is -2.99. The molecule has 0 spiro atoms. The van der Waals surface area contributed by atoms with Gasteiger partial charge in [-0.05, 0) is 18.1 Å². The first-order valence-corrected chi connectivity index (χ1v) is 6.34. The third-order valence-electron chi connectivity index (χ3n) is 2.93. The number of nitrogens with zero attached hydrogens (tertiary/aromatic N) is 3. The van der Waals surface area contributed by atoms with Crippen LogP contribution in [0.3, 0.4) is 0 Å². The first-order chi connectivity index (χ1) is 10.1. The Morgan fingerprint density at radius 1 is 1.48 bits per heavy atom. The molecule has 0 aliphatic heterocycles. The van der Waals surface area contributed by atoms with Gasteiger partial charge in [0.2, 0.25) is 0 Å². The number of benzene rings is 1. The molecule has 21 heavy (non-hydrogen) atoms. The van der Waals surface area contributed by atoms with Crippen molar-refractivity contribution in [3.63, 3.8) is 0 Å². The first-order valence-electron chi connectivity index (χ1n) is 6.34.